The fraction of sp³-hybridized carbons (Fsp3) is 0. The summed E-state index contributed by atoms with van der Waals surface area (Å²) < 4.78 is 1.79. The quantitative estimate of drug-likeness (QED) is 0.535. The fourth-order valence-electron chi connectivity index (χ4n) is 1.86. The Morgan fingerprint density at radius 3 is 3.11 bits per heavy atom. The number of hydrogen-bond acceptors (Lipinski definition) is 5. The van der Waals surface area contributed by atoms with Crippen molar-refractivity contribution in [2.24, 2.45) is 0 Å². The molecular formula is C11H7N7. The first-order chi connectivity index (χ1) is 8.92. The van der Waals surface area contributed by atoms with E-state index < -0.39 is 0 Å². The monoisotopic (exact) mass is 237 g/mol. The van der Waals surface area contributed by atoms with Crippen LogP contribution in [0.15, 0.2) is 37.3 Å². The topological polar surface area (TPSA) is 85.2 Å². The number of pyridine rings is 1. The van der Waals surface area contributed by atoms with E-state index in [1.807, 2.05) is 6.07 Å². The fourth-order valence-corrected chi connectivity index (χ4v) is 1.86. The lowest BCUT2D eigenvalue weighted by molar-refractivity contribution is 0.959. The average molecular weight is 237 g/mol. The van der Waals surface area contributed by atoms with Gasteiger partial charge in [0.2, 0.25) is 5.95 Å². The lowest BCUT2D eigenvalue weighted by Crippen LogP contribution is -1.99. The van der Waals surface area contributed by atoms with Gasteiger partial charge in [0.1, 0.15) is 11.8 Å². The molecule has 4 aromatic rings. The zero-order valence-corrected chi connectivity index (χ0v) is 9.15. The Labute approximate surface area is 101 Å². The molecule has 0 aliphatic carbocycles. The molecule has 0 unspecified atom stereocenters. The molecular weight excluding hydrogens is 230 g/mol. The third-order valence-electron chi connectivity index (χ3n) is 2.73. The van der Waals surface area contributed by atoms with E-state index in [4.69, 9.17) is 0 Å². The van der Waals surface area contributed by atoms with Crippen LogP contribution in [0.1, 0.15) is 0 Å². The second kappa shape index (κ2) is 3.33. The summed E-state index contributed by atoms with van der Waals surface area (Å²) in [5.41, 5.74) is 3.16. The predicted octanol–water partition coefficient (Wildman–Crippen LogP) is 1.09. The van der Waals surface area contributed by atoms with Crippen LogP contribution in [-0.2, 0) is 0 Å². The standard InChI is InChI=1S/C11H7N7/c1-2-12-4-9-7(1)16-6-18(9)11-13-3-8-10(17-11)15-5-14-8/h1-6H,(H,13,14,15,17). The molecule has 4 heterocycles. The smallest absolute Gasteiger partial charge is 0.237 e. The van der Waals surface area contributed by atoms with E-state index >= 15 is 0 Å². The van der Waals surface area contributed by atoms with Crippen molar-refractivity contribution in [1.29, 1.82) is 0 Å². The summed E-state index contributed by atoms with van der Waals surface area (Å²) in [7, 11) is 0. The number of nitrogens with zero attached hydrogens (tertiary/aromatic N) is 6. The van der Waals surface area contributed by atoms with Gasteiger partial charge in [-0.2, -0.15) is 4.98 Å². The third-order valence-corrected chi connectivity index (χ3v) is 2.73. The van der Waals surface area contributed by atoms with Crippen LogP contribution in [0.2, 0.25) is 0 Å². The van der Waals surface area contributed by atoms with Crippen LogP contribution in [0, 0.1) is 0 Å². The van der Waals surface area contributed by atoms with Gasteiger partial charge in [0, 0.05) is 6.20 Å². The molecule has 0 fully saturated rings. The molecule has 0 amide bonds. The summed E-state index contributed by atoms with van der Waals surface area (Å²) in [6.45, 7) is 0. The number of rotatable bonds is 1. The second-order valence-electron chi connectivity index (χ2n) is 3.79. The van der Waals surface area contributed by atoms with Crippen LogP contribution in [0.25, 0.3) is 28.1 Å². The second-order valence-corrected chi connectivity index (χ2v) is 3.79. The van der Waals surface area contributed by atoms with Crippen LogP contribution in [-0.4, -0.2) is 34.5 Å². The normalized spacial score (nSPS) is 11.3. The highest BCUT2D eigenvalue weighted by Crippen LogP contribution is 2.15. The maximum absolute atomic E-state index is 4.37. The van der Waals surface area contributed by atoms with E-state index in [2.05, 4.69) is 29.9 Å². The molecule has 18 heavy (non-hydrogen) atoms. The molecule has 1 N–H and O–H groups in total. The zero-order chi connectivity index (χ0) is 11.9. The third kappa shape index (κ3) is 1.21. The summed E-state index contributed by atoms with van der Waals surface area (Å²) in [5.74, 6) is 0.533. The highest BCUT2D eigenvalue weighted by molar-refractivity contribution is 5.76. The van der Waals surface area contributed by atoms with Gasteiger partial charge in [0.25, 0.3) is 0 Å². The lowest BCUT2D eigenvalue weighted by Gasteiger charge is -2.00. The molecule has 0 aromatic carbocycles. The molecule has 0 saturated carbocycles. The molecule has 0 aliphatic heterocycles. The van der Waals surface area contributed by atoms with Gasteiger partial charge in [-0.3, -0.25) is 9.55 Å². The van der Waals surface area contributed by atoms with E-state index in [9.17, 15) is 0 Å². The Balaban J connectivity index is 2.00. The van der Waals surface area contributed by atoms with Crippen LogP contribution >= 0.6 is 0 Å². The number of H-pyrrole nitrogens is 1. The Morgan fingerprint density at radius 2 is 2.11 bits per heavy atom. The van der Waals surface area contributed by atoms with E-state index in [-0.39, 0.29) is 0 Å². The van der Waals surface area contributed by atoms with E-state index in [0.29, 0.717) is 11.6 Å². The van der Waals surface area contributed by atoms with Gasteiger partial charge in [-0.1, -0.05) is 0 Å². The van der Waals surface area contributed by atoms with Gasteiger partial charge < -0.3 is 4.98 Å². The largest absolute Gasteiger partial charge is 0.342 e. The Hall–Kier alpha value is -2.83. The average Bonchev–Trinajstić information content (AvgIpc) is 3.04. The number of hydrogen-bond donors (Lipinski definition) is 1. The summed E-state index contributed by atoms with van der Waals surface area (Å²) in [4.78, 5) is 24.1. The SMILES string of the molecule is c1cc2ncn(-c3ncc4[nH]cnc4n3)c2cn1. The first kappa shape index (κ1) is 9.23. The van der Waals surface area contributed by atoms with E-state index in [1.165, 1.54) is 0 Å². The molecule has 4 aromatic heterocycles. The van der Waals surface area contributed by atoms with Crippen LogP contribution in [0.5, 0.6) is 0 Å². The van der Waals surface area contributed by atoms with Gasteiger partial charge in [-0.05, 0) is 6.07 Å². The first-order valence-electron chi connectivity index (χ1n) is 5.35. The maximum Gasteiger partial charge on any atom is 0.237 e. The molecule has 86 valence electrons. The summed E-state index contributed by atoms with van der Waals surface area (Å²) >= 11 is 0. The first-order valence-corrected chi connectivity index (χ1v) is 5.35. The molecule has 0 spiro atoms. The minimum absolute atomic E-state index is 0.533. The van der Waals surface area contributed by atoms with Gasteiger partial charge in [0.15, 0.2) is 5.65 Å². The summed E-state index contributed by atoms with van der Waals surface area (Å²) in [5, 5.41) is 0. The highest BCUT2D eigenvalue weighted by Gasteiger charge is 2.08. The molecule has 7 heteroatoms. The van der Waals surface area contributed by atoms with E-state index in [0.717, 1.165) is 16.6 Å². The highest BCUT2D eigenvalue weighted by atomic mass is 15.2. The summed E-state index contributed by atoms with van der Waals surface area (Å²) in [6, 6.07) is 1.85. The zero-order valence-electron chi connectivity index (χ0n) is 9.15. The molecule has 0 atom stereocenters. The molecule has 4 rings (SSSR count). The van der Waals surface area contributed by atoms with Crippen molar-refractivity contribution in [2.45, 2.75) is 0 Å². The maximum atomic E-state index is 4.37. The molecule has 7 nitrogen and oxygen atoms in total. The van der Waals surface area contributed by atoms with Crippen molar-refractivity contribution in [2.75, 3.05) is 0 Å². The van der Waals surface area contributed by atoms with Crippen molar-refractivity contribution in [1.82, 2.24) is 34.5 Å². The van der Waals surface area contributed by atoms with Gasteiger partial charge >= 0.3 is 0 Å². The molecule has 0 aliphatic rings. The van der Waals surface area contributed by atoms with Crippen molar-refractivity contribution in [3.8, 4) is 5.95 Å². The van der Waals surface area contributed by atoms with Crippen molar-refractivity contribution in [3.05, 3.63) is 37.3 Å². The van der Waals surface area contributed by atoms with Gasteiger partial charge in [-0.15, -0.1) is 0 Å². The Kier molecular flexibility index (Phi) is 1.71. The minimum atomic E-state index is 0.533. The van der Waals surface area contributed by atoms with Crippen LogP contribution < -0.4 is 0 Å². The van der Waals surface area contributed by atoms with Crippen LogP contribution in [0.4, 0.5) is 0 Å². The molecule has 0 radical (unpaired) electrons. The van der Waals surface area contributed by atoms with Crippen molar-refractivity contribution >= 4 is 22.2 Å². The lowest BCUT2D eigenvalue weighted by atomic mass is 10.4. The number of imidazole rings is 2. The van der Waals surface area contributed by atoms with Gasteiger partial charge in [-0.25, -0.2) is 15.0 Å². The Morgan fingerprint density at radius 1 is 1.11 bits per heavy atom. The minimum Gasteiger partial charge on any atom is -0.342 e. The van der Waals surface area contributed by atoms with E-state index in [1.54, 1.807) is 35.8 Å². The number of aromatic nitrogens is 7. The predicted molar refractivity (Wildman–Crippen MR) is 64.1 cm³/mol. The number of nitrogens with one attached hydrogen (secondary N) is 1. The summed E-state index contributed by atoms with van der Waals surface area (Å²) in [6.07, 6.45) is 8.42. The number of aromatic amines is 1. The van der Waals surface area contributed by atoms with Crippen molar-refractivity contribution in [3.63, 3.8) is 0 Å². The molecule has 0 bridgehead atoms. The number of fused-ring (bicyclic) bond motifs is 2. The van der Waals surface area contributed by atoms with Crippen LogP contribution in [0.3, 0.4) is 0 Å². The molecule has 0 saturated heterocycles. The van der Waals surface area contributed by atoms with Crippen molar-refractivity contribution < 1.29 is 0 Å². The Bertz CT molecular complexity index is 844. The van der Waals surface area contributed by atoms with Gasteiger partial charge in [0.05, 0.1) is 29.8 Å².